The van der Waals surface area contributed by atoms with E-state index in [2.05, 4.69) is 34.5 Å². The number of piperidine rings is 2. The standard InChI is InChI=1S/C29H46BN3O3/c31-19-21-6-5-7-23(16-21)22-11-14-33(15-12-22)28(34)24-10-13-29(25-8-3-1-2-4-9-25)20-32-27(30(35)36)18-26(29)17-24/h5-7,16,22,24-27,32,35-36H,1-4,8-15,17-20,31H2. The Morgan fingerprint density at radius 2 is 1.78 bits per heavy atom. The van der Waals surface area contributed by atoms with Crippen LogP contribution in [-0.4, -0.2) is 53.5 Å². The van der Waals surface area contributed by atoms with E-state index in [1.165, 1.54) is 49.7 Å². The number of nitrogens with one attached hydrogen (secondary N) is 1. The van der Waals surface area contributed by atoms with Crippen LogP contribution in [-0.2, 0) is 11.3 Å². The molecule has 0 spiro atoms. The van der Waals surface area contributed by atoms with Gasteiger partial charge in [-0.25, -0.2) is 0 Å². The lowest BCUT2D eigenvalue weighted by Gasteiger charge is -2.56. The van der Waals surface area contributed by atoms with E-state index in [0.29, 0.717) is 30.2 Å². The molecule has 5 rings (SSSR count). The molecule has 6 nitrogen and oxygen atoms in total. The molecule has 2 saturated heterocycles. The van der Waals surface area contributed by atoms with Crippen LogP contribution in [0.15, 0.2) is 24.3 Å². The SMILES string of the molecule is NCc1cccc(C2CCN(C(=O)C3CCC4(C5CCCCCC5)CNC(B(O)O)CC4C3)CC2)c1. The summed E-state index contributed by atoms with van der Waals surface area (Å²) >= 11 is 0. The van der Waals surface area contributed by atoms with Gasteiger partial charge in [0.05, 0.1) is 0 Å². The number of nitrogens with two attached hydrogens (primary N) is 1. The first-order chi connectivity index (χ1) is 17.5. The molecule has 4 aliphatic rings. The van der Waals surface area contributed by atoms with Crippen molar-refractivity contribution in [2.24, 2.45) is 28.9 Å². The van der Waals surface area contributed by atoms with Crippen molar-refractivity contribution in [1.29, 1.82) is 0 Å². The number of benzene rings is 1. The van der Waals surface area contributed by atoms with Crippen molar-refractivity contribution < 1.29 is 14.8 Å². The van der Waals surface area contributed by atoms with Crippen molar-refractivity contribution in [2.75, 3.05) is 19.6 Å². The van der Waals surface area contributed by atoms with Gasteiger partial charge in [0.1, 0.15) is 0 Å². The average molecular weight is 496 g/mol. The molecule has 4 fully saturated rings. The van der Waals surface area contributed by atoms with E-state index in [9.17, 15) is 14.8 Å². The van der Waals surface area contributed by atoms with Gasteiger partial charge in [0.15, 0.2) is 0 Å². The first-order valence-electron chi connectivity index (χ1n) is 14.7. The van der Waals surface area contributed by atoms with Gasteiger partial charge < -0.3 is 26.0 Å². The maximum absolute atomic E-state index is 13.7. The van der Waals surface area contributed by atoms with Gasteiger partial charge in [-0.1, -0.05) is 49.9 Å². The maximum atomic E-state index is 13.7. The highest BCUT2D eigenvalue weighted by Crippen LogP contribution is 2.55. The highest BCUT2D eigenvalue weighted by molar-refractivity contribution is 6.43. The van der Waals surface area contributed by atoms with Crippen LogP contribution < -0.4 is 11.1 Å². The van der Waals surface area contributed by atoms with E-state index < -0.39 is 7.12 Å². The highest BCUT2D eigenvalue weighted by Gasteiger charge is 2.53. The molecule has 0 aromatic heterocycles. The number of nitrogens with zero attached hydrogens (tertiary/aromatic N) is 1. The third-order valence-corrected chi connectivity index (χ3v) is 10.4. The lowest BCUT2D eigenvalue weighted by atomic mass is 9.51. The molecule has 2 heterocycles. The van der Waals surface area contributed by atoms with Crippen LogP contribution in [0.2, 0.25) is 0 Å². The van der Waals surface area contributed by atoms with Crippen molar-refractivity contribution >= 4 is 13.0 Å². The fraction of sp³-hybridized carbons (Fsp3) is 0.759. The number of rotatable bonds is 5. The second-order valence-corrected chi connectivity index (χ2v) is 12.3. The Kier molecular flexibility index (Phi) is 8.41. The highest BCUT2D eigenvalue weighted by atomic mass is 16.4. The van der Waals surface area contributed by atoms with E-state index in [1.54, 1.807) is 0 Å². The number of amides is 1. The zero-order chi connectivity index (χ0) is 25.1. The van der Waals surface area contributed by atoms with Crippen LogP contribution in [0, 0.1) is 23.2 Å². The zero-order valence-corrected chi connectivity index (χ0v) is 21.9. The van der Waals surface area contributed by atoms with E-state index in [-0.39, 0.29) is 17.3 Å². The fourth-order valence-corrected chi connectivity index (χ4v) is 8.27. The third kappa shape index (κ3) is 5.40. The number of carbonyl (C=O) groups is 1. The maximum Gasteiger partial charge on any atom is 0.469 e. The van der Waals surface area contributed by atoms with Gasteiger partial charge in [0, 0.05) is 38.0 Å². The summed E-state index contributed by atoms with van der Waals surface area (Å²) in [6, 6.07) is 8.63. The summed E-state index contributed by atoms with van der Waals surface area (Å²) in [6.45, 7) is 3.12. The Bertz CT molecular complexity index is 882. The van der Waals surface area contributed by atoms with Crippen LogP contribution in [0.4, 0.5) is 0 Å². The van der Waals surface area contributed by atoms with Crippen molar-refractivity contribution in [3.63, 3.8) is 0 Å². The summed E-state index contributed by atoms with van der Waals surface area (Å²) in [5.41, 5.74) is 8.60. The average Bonchev–Trinajstić information content (AvgIpc) is 3.22. The summed E-state index contributed by atoms with van der Waals surface area (Å²) in [4.78, 5) is 15.8. The number of likely N-dealkylation sites (tertiary alicyclic amines) is 1. The number of hydrogen-bond donors (Lipinski definition) is 4. The second-order valence-electron chi connectivity index (χ2n) is 12.3. The lowest BCUT2D eigenvalue weighted by Crippen LogP contribution is -2.61. The minimum Gasteiger partial charge on any atom is -0.426 e. The summed E-state index contributed by atoms with van der Waals surface area (Å²) in [5.74, 6) is 1.76. The van der Waals surface area contributed by atoms with Crippen LogP contribution in [0.1, 0.15) is 94.1 Å². The van der Waals surface area contributed by atoms with Crippen LogP contribution in [0.5, 0.6) is 0 Å². The van der Waals surface area contributed by atoms with E-state index >= 15 is 0 Å². The quantitative estimate of drug-likeness (QED) is 0.370. The molecule has 5 N–H and O–H groups in total. The molecule has 198 valence electrons. The monoisotopic (exact) mass is 495 g/mol. The number of carbonyl (C=O) groups excluding carboxylic acids is 1. The molecule has 4 atom stereocenters. The van der Waals surface area contributed by atoms with Gasteiger partial charge >= 0.3 is 7.12 Å². The Hall–Kier alpha value is -1.41. The Balaban J connectivity index is 1.24. The number of fused-ring (bicyclic) bond motifs is 1. The zero-order valence-electron chi connectivity index (χ0n) is 21.9. The molecule has 1 aromatic carbocycles. The summed E-state index contributed by atoms with van der Waals surface area (Å²) in [6.07, 6.45) is 13.7. The van der Waals surface area contributed by atoms with Gasteiger partial charge in [0.2, 0.25) is 5.91 Å². The molecular weight excluding hydrogens is 449 g/mol. The Labute approximate surface area is 217 Å². The molecule has 1 amide bonds. The van der Waals surface area contributed by atoms with Crippen LogP contribution in [0.25, 0.3) is 0 Å². The summed E-state index contributed by atoms with van der Waals surface area (Å²) in [7, 11) is -1.33. The summed E-state index contributed by atoms with van der Waals surface area (Å²) < 4.78 is 0. The van der Waals surface area contributed by atoms with Gasteiger partial charge in [0.25, 0.3) is 0 Å². The molecule has 7 heteroatoms. The minimum absolute atomic E-state index is 0.0839. The normalized spacial score (nSPS) is 32.5. The van der Waals surface area contributed by atoms with Crippen LogP contribution >= 0.6 is 0 Å². The predicted molar refractivity (Wildman–Crippen MR) is 144 cm³/mol. The molecule has 2 saturated carbocycles. The van der Waals surface area contributed by atoms with E-state index in [4.69, 9.17) is 5.73 Å². The first-order valence-corrected chi connectivity index (χ1v) is 14.7. The fourth-order valence-electron chi connectivity index (χ4n) is 8.27. The molecule has 2 aliphatic carbocycles. The smallest absolute Gasteiger partial charge is 0.426 e. The molecule has 0 radical (unpaired) electrons. The van der Waals surface area contributed by atoms with Gasteiger partial charge in [-0.05, 0) is 85.7 Å². The Morgan fingerprint density at radius 3 is 2.47 bits per heavy atom. The van der Waals surface area contributed by atoms with Gasteiger partial charge in [-0.3, -0.25) is 4.79 Å². The van der Waals surface area contributed by atoms with Crippen molar-refractivity contribution in [1.82, 2.24) is 10.2 Å². The van der Waals surface area contributed by atoms with Crippen LogP contribution in [0.3, 0.4) is 0 Å². The van der Waals surface area contributed by atoms with E-state index in [1.807, 2.05) is 0 Å². The first kappa shape index (κ1) is 26.2. The van der Waals surface area contributed by atoms with Crippen molar-refractivity contribution in [3.8, 4) is 0 Å². The molecule has 36 heavy (non-hydrogen) atoms. The van der Waals surface area contributed by atoms with Crippen molar-refractivity contribution in [2.45, 2.75) is 95.5 Å². The second kappa shape index (κ2) is 11.5. The van der Waals surface area contributed by atoms with Gasteiger partial charge in [-0.2, -0.15) is 0 Å². The molecule has 0 bridgehead atoms. The third-order valence-electron chi connectivity index (χ3n) is 10.4. The van der Waals surface area contributed by atoms with Gasteiger partial charge in [-0.15, -0.1) is 0 Å². The lowest BCUT2D eigenvalue weighted by molar-refractivity contribution is -0.141. The van der Waals surface area contributed by atoms with E-state index in [0.717, 1.165) is 58.2 Å². The molecule has 4 unspecified atom stereocenters. The minimum atomic E-state index is -1.33. The number of hydrogen-bond acceptors (Lipinski definition) is 5. The van der Waals surface area contributed by atoms with Crippen molar-refractivity contribution in [3.05, 3.63) is 35.4 Å². The Morgan fingerprint density at radius 1 is 1.03 bits per heavy atom. The summed E-state index contributed by atoms with van der Waals surface area (Å²) in [5, 5.41) is 23.4. The molecule has 2 aliphatic heterocycles. The predicted octanol–water partition coefficient (Wildman–Crippen LogP) is 3.60. The topological polar surface area (TPSA) is 98.8 Å². The largest absolute Gasteiger partial charge is 0.469 e. The molecular formula is C29H46BN3O3. The molecule has 1 aromatic rings.